The van der Waals surface area contributed by atoms with Gasteiger partial charge in [-0.05, 0) is 136 Å². The molecule has 0 N–H and O–H groups in total. The Kier molecular flexibility index (Phi) is 55.2. The van der Waals surface area contributed by atoms with Crippen LogP contribution in [0.25, 0.3) is 0 Å². The van der Waals surface area contributed by atoms with Crippen LogP contribution in [0, 0.1) is 17.3 Å². The topological polar surface area (TPSA) is 189 Å². The van der Waals surface area contributed by atoms with E-state index in [0.29, 0.717) is 64.7 Å². The summed E-state index contributed by atoms with van der Waals surface area (Å²) < 4.78 is 52.4. The second-order valence-electron chi connectivity index (χ2n) is 22.9. The standard InChI is InChI=1S/C68H123NO15/c1-9-16-22-26-28-36-50-76-64(77-51-37-29-27-23-17-10-2)48-47-63(72)83-57-68(58-84-67(75)80-54-40-49-69(8)15-7,55-81-61(70)45-34-30-38-52-78-65(73)59(41-20-13-5)43-32-24-18-11-3)56-82-62(71)46-35-31-39-53-79-66(74)60(42-21-14-6)44-33-25-19-12-4/h16-17,22-23,59-60,64H,9-15,18-21,24-58H2,1-8H3/b22-16-,23-17-. The number of ether oxygens (including phenoxy) is 9. The molecular formula is C68H123NO15. The lowest BCUT2D eigenvalue weighted by molar-refractivity contribution is -0.170. The second kappa shape index (κ2) is 58.0. The van der Waals surface area contributed by atoms with Crippen molar-refractivity contribution in [3.05, 3.63) is 24.3 Å². The van der Waals surface area contributed by atoms with Crippen LogP contribution in [0.1, 0.15) is 273 Å². The normalized spacial score (nSPS) is 13.1. The molecule has 0 aromatic heterocycles. The van der Waals surface area contributed by atoms with Gasteiger partial charge in [-0.15, -0.1) is 0 Å². The zero-order chi connectivity index (χ0) is 62.0. The highest BCUT2D eigenvalue weighted by Crippen LogP contribution is 2.25. The Morgan fingerprint density at radius 1 is 0.381 bits per heavy atom. The van der Waals surface area contributed by atoms with E-state index in [1.807, 2.05) is 14.0 Å². The molecule has 0 fully saturated rings. The summed E-state index contributed by atoms with van der Waals surface area (Å²) in [5, 5.41) is 0. The SMILES string of the molecule is CC/C=C\CCCCOC(CCC(=O)OCC(COC(=O)CCCCCOC(=O)C(CCCC)CCCCCC)(COC(=O)CCCCCOC(=O)C(CCCC)CCCCCC)COC(=O)OCCCN(C)CC)OCCCC/C=C\CC. The molecular weight excluding hydrogens is 1070 g/mol. The number of rotatable bonds is 60. The van der Waals surface area contributed by atoms with Crippen molar-refractivity contribution in [3.8, 4) is 0 Å². The van der Waals surface area contributed by atoms with Crippen LogP contribution < -0.4 is 0 Å². The Hall–Kier alpha value is -4.02. The number of carbonyl (C=O) groups excluding carboxylic acids is 6. The van der Waals surface area contributed by atoms with Gasteiger partial charge in [-0.1, -0.05) is 150 Å². The zero-order valence-corrected chi connectivity index (χ0v) is 54.6. The van der Waals surface area contributed by atoms with Crippen molar-refractivity contribution < 1.29 is 71.4 Å². The van der Waals surface area contributed by atoms with E-state index in [1.54, 1.807) is 0 Å². The maximum atomic E-state index is 13.7. The maximum Gasteiger partial charge on any atom is 0.508 e. The first-order valence-electron chi connectivity index (χ1n) is 33.6. The van der Waals surface area contributed by atoms with Gasteiger partial charge < -0.3 is 47.5 Å². The fourth-order valence-electron chi connectivity index (χ4n) is 9.22. The molecule has 16 nitrogen and oxygen atoms in total. The first-order chi connectivity index (χ1) is 40.8. The van der Waals surface area contributed by atoms with Crippen LogP contribution >= 0.6 is 0 Å². The molecule has 16 heteroatoms. The molecule has 0 amide bonds. The Morgan fingerprint density at radius 2 is 0.786 bits per heavy atom. The maximum absolute atomic E-state index is 13.7. The first-order valence-corrected chi connectivity index (χ1v) is 33.6. The fourth-order valence-corrected chi connectivity index (χ4v) is 9.22. The van der Waals surface area contributed by atoms with Gasteiger partial charge in [0.1, 0.15) is 31.8 Å². The number of carbonyl (C=O) groups is 6. The first kappa shape index (κ1) is 80.0. The van der Waals surface area contributed by atoms with Crippen molar-refractivity contribution >= 4 is 36.0 Å². The lowest BCUT2D eigenvalue weighted by atomic mass is 9.92. The Labute approximate surface area is 511 Å². The van der Waals surface area contributed by atoms with Crippen molar-refractivity contribution in [1.82, 2.24) is 4.90 Å². The van der Waals surface area contributed by atoms with Crippen LogP contribution in [0.3, 0.4) is 0 Å². The lowest BCUT2D eigenvalue weighted by Crippen LogP contribution is -2.44. The molecule has 84 heavy (non-hydrogen) atoms. The number of allylic oxidation sites excluding steroid dienone is 4. The van der Waals surface area contributed by atoms with Crippen LogP contribution in [-0.4, -0.2) is 127 Å². The van der Waals surface area contributed by atoms with E-state index in [4.69, 9.17) is 42.6 Å². The summed E-state index contributed by atoms with van der Waals surface area (Å²) in [5.74, 6) is -2.15. The van der Waals surface area contributed by atoms with E-state index >= 15 is 0 Å². The van der Waals surface area contributed by atoms with Crippen LogP contribution in [0.15, 0.2) is 24.3 Å². The van der Waals surface area contributed by atoms with Gasteiger partial charge >= 0.3 is 36.0 Å². The third-order valence-corrected chi connectivity index (χ3v) is 14.9. The van der Waals surface area contributed by atoms with Gasteiger partial charge in [0.2, 0.25) is 0 Å². The summed E-state index contributed by atoms with van der Waals surface area (Å²) >= 11 is 0. The van der Waals surface area contributed by atoms with E-state index in [-0.39, 0.29) is 69.3 Å². The molecule has 0 aromatic rings. The molecule has 0 rings (SSSR count). The molecule has 0 aromatic carbocycles. The van der Waals surface area contributed by atoms with Gasteiger partial charge in [-0.25, -0.2) is 4.79 Å². The van der Waals surface area contributed by atoms with Gasteiger partial charge in [0.25, 0.3) is 0 Å². The van der Waals surface area contributed by atoms with Crippen molar-refractivity contribution in [2.45, 2.75) is 279 Å². The monoisotopic (exact) mass is 1190 g/mol. The predicted molar refractivity (Wildman–Crippen MR) is 334 cm³/mol. The number of hydrogen-bond acceptors (Lipinski definition) is 16. The van der Waals surface area contributed by atoms with Gasteiger partial charge in [-0.2, -0.15) is 0 Å². The molecule has 2 unspecified atom stereocenters. The Morgan fingerprint density at radius 3 is 1.23 bits per heavy atom. The summed E-state index contributed by atoms with van der Waals surface area (Å²) in [5.41, 5.74) is -1.51. The third kappa shape index (κ3) is 48.1. The third-order valence-electron chi connectivity index (χ3n) is 14.9. The molecule has 0 radical (unpaired) electrons. The number of unbranched alkanes of at least 4 members (excludes halogenated alkanes) is 16. The molecule has 0 saturated heterocycles. The molecule has 0 bridgehead atoms. The molecule has 0 aliphatic carbocycles. The molecule has 0 aliphatic rings. The molecule has 2 atom stereocenters. The summed E-state index contributed by atoms with van der Waals surface area (Å²) in [6.07, 6.45) is 34.9. The molecule has 0 saturated carbocycles. The molecule has 490 valence electrons. The van der Waals surface area contributed by atoms with Crippen LogP contribution in [0.2, 0.25) is 0 Å². The van der Waals surface area contributed by atoms with E-state index < -0.39 is 62.2 Å². The fraction of sp³-hybridized carbons (Fsp3) is 0.853. The largest absolute Gasteiger partial charge is 0.508 e. The van der Waals surface area contributed by atoms with Gasteiger partial charge in [0.05, 0.1) is 38.1 Å². The quantitative estimate of drug-likeness (QED) is 0.0184. The minimum atomic E-state index is -1.51. The average molecular weight is 1190 g/mol. The van der Waals surface area contributed by atoms with Crippen molar-refractivity contribution in [2.75, 3.05) is 79.6 Å². The highest BCUT2D eigenvalue weighted by atomic mass is 16.7. The highest BCUT2D eigenvalue weighted by molar-refractivity contribution is 5.73. The average Bonchev–Trinajstić information content (AvgIpc) is 3.49. The Bertz CT molecular complexity index is 1580. The van der Waals surface area contributed by atoms with Gasteiger partial charge in [0, 0.05) is 39.0 Å². The van der Waals surface area contributed by atoms with Crippen LogP contribution in [0.5, 0.6) is 0 Å². The zero-order valence-electron chi connectivity index (χ0n) is 54.6. The minimum Gasteiger partial charge on any atom is -0.465 e. The van der Waals surface area contributed by atoms with E-state index in [2.05, 4.69) is 70.7 Å². The van der Waals surface area contributed by atoms with Crippen molar-refractivity contribution in [3.63, 3.8) is 0 Å². The summed E-state index contributed by atoms with van der Waals surface area (Å²) in [4.78, 5) is 81.8. The molecule has 0 heterocycles. The highest BCUT2D eigenvalue weighted by Gasteiger charge is 2.38. The van der Waals surface area contributed by atoms with E-state index in [0.717, 1.165) is 161 Å². The molecule has 0 aliphatic heterocycles. The van der Waals surface area contributed by atoms with Crippen LogP contribution in [0.4, 0.5) is 4.79 Å². The smallest absolute Gasteiger partial charge is 0.465 e. The lowest BCUT2D eigenvalue weighted by Gasteiger charge is -2.31. The second-order valence-corrected chi connectivity index (χ2v) is 22.9. The number of hydrogen-bond donors (Lipinski definition) is 0. The number of esters is 5. The summed E-state index contributed by atoms with van der Waals surface area (Å²) in [6, 6.07) is 0. The van der Waals surface area contributed by atoms with E-state index in [1.165, 1.54) is 0 Å². The van der Waals surface area contributed by atoms with Gasteiger partial charge in [-0.3, -0.25) is 24.0 Å². The summed E-state index contributed by atoms with van der Waals surface area (Å²) in [7, 11) is 1.97. The molecule has 0 spiro atoms. The summed E-state index contributed by atoms with van der Waals surface area (Å²) in [6.45, 7) is 16.3. The minimum absolute atomic E-state index is 0.0508. The predicted octanol–water partition coefficient (Wildman–Crippen LogP) is 16.3. The Balaban J connectivity index is 6.23. The van der Waals surface area contributed by atoms with Crippen molar-refractivity contribution in [1.29, 1.82) is 0 Å². The number of nitrogens with zero attached hydrogens (tertiary/aromatic N) is 1. The van der Waals surface area contributed by atoms with E-state index in [9.17, 15) is 28.8 Å². The van der Waals surface area contributed by atoms with Crippen molar-refractivity contribution in [2.24, 2.45) is 17.3 Å². The van der Waals surface area contributed by atoms with Crippen LogP contribution in [-0.2, 0) is 66.6 Å². The van der Waals surface area contributed by atoms with Gasteiger partial charge in [0.15, 0.2) is 6.29 Å².